The number of rotatable bonds is 7. The summed E-state index contributed by atoms with van der Waals surface area (Å²) >= 11 is 3.20. The molecule has 1 aliphatic rings. The normalized spacial score (nSPS) is 15.5. The molecule has 0 bridgehead atoms. The number of carbonyl (C=O) groups excluding carboxylic acids is 2. The molecule has 1 aliphatic heterocycles. The highest BCUT2D eigenvalue weighted by molar-refractivity contribution is 8.00. The Morgan fingerprint density at radius 3 is 2.48 bits per heavy atom. The molecule has 0 radical (unpaired) electrons. The number of nitrogens with zero attached hydrogens (tertiary/aromatic N) is 3. The SMILES string of the molecule is COc1ccc(-n2nc(C(C)(C)C)c3c2N(CC(=O)NCc2ccc(F)cc2)C(=O)CS[C@H]3c2cccs2)cc1. The molecule has 1 atom stereocenters. The van der Waals surface area contributed by atoms with E-state index in [0.717, 1.165) is 27.4 Å². The number of anilines is 1. The highest BCUT2D eigenvalue weighted by Crippen LogP contribution is 2.49. The lowest BCUT2D eigenvalue weighted by molar-refractivity contribution is -0.123. The molecule has 40 heavy (non-hydrogen) atoms. The molecule has 0 saturated carbocycles. The fourth-order valence-electron chi connectivity index (χ4n) is 4.64. The van der Waals surface area contributed by atoms with Gasteiger partial charge in [-0.05, 0) is 53.4 Å². The van der Waals surface area contributed by atoms with Gasteiger partial charge in [-0.3, -0.25) is 14.5 Å². The van der Waals surface area contributed by atoms with Crippen LogP contribution in [-0.2, 0) is 21.5 Å². The van der Waals surface area contributed by atoms with Gasteiger partial charge in [0.15, 0.2) is 0 Å². The number of thiophene rings is 1. The second-order valence-corrected chi connectivity index (χ2v) is 12.6. The molecule has 1 N–H and O–H groups in total. The van der Waals surface area contributed by atoms with Crippen LogP contribution in [0.4, 0.5) is 10.2 Å². The minimum Gasteiger partial charge on any atom is -0.497 e. The van der Waals surface area contributed by atoms with Crippen LogP contribution in [0.3, 0.4) is 0 Å². The molecule has 3 heterocycles. The van der Waals surface area contributed by atoms with Crippen LogP contribution < -0.4 is 15.0 Å². The predicted molar refractivity (Wildman–Crippen MR) is 158 cm³/mol. The van der Waals surface area contributed by atoms with E-state index in [1.165, 1.54) is 12.1 Å². The van der Waals surface area contributed by atoms with E-state index >= 15 is 0 Å². The summed E-state index contributed by atoms with van der Waals surface area (Å²) in [6, 6.07) is 17.6. The Kier molecular flexibility index (Phi) is 8.00. The van der Waals surface area contributed by atoms with Gasteiger partial charge in [-0.15, -0.1) is 23.1 Å². The molecule has 7 nitrogen and oxygen atoms in total. The summed E-state index contributed by atoms with van der Waals surface area (Å²) in [5.41, 5.74) is 3.00. The van der Waals surface area contributed by atoms with E-state index < -0.39 is 0 Å². The maximum absolute atomic E-state index is 13.7. The molecular formula is C30H31FN4O3S2. The smallest absolute Gasteiger partial charge is 0.240 e. The Morgan fingerprint density at radius 2 is 1.85 bits per heavy atom. The van der Waals surface area contributed by atoms with Crippen LogP contribution in [0.5, 0.6) is 5.75 Å². The summed E-state index contributed by atoms with van der Waals surface area (Å²) in [5, 5.41) is 9.89. The third-order valence-electron chi connectivity index (χ3n) is 6.62. The van der Waals surface area contributed by atoms with Crippen molar-refractivity contribution in [1.82, 2.24) is 15.1 Å². The topological polar surface area (TPSA) is 76.5 Å². The first-order valence-electron chi connectivity index (χ1n) is 12.9. The molecule has 10 heteroatoms. The van der Waals surface area contributed by atoms with Crippen molar-refractivity contribution in [2.45, 2.75) is 38.0 Å². The van der Waals surface area contributed by atoms with Gasteiger partial charge < -0.3 is 10.1 Å². The quantitative estimate of drug-likeness (QED) is 0.297. The van der Waals surface area contributed by atoms with Gasteiger partial charge >= 0.3 is 0 Å². The van der Waals surface area contributed by atoms with E-state index in [1.54, 1.807) is 51.9 Å². The summed E-state index contributed by atoms with van der Waals surface area (Å²) in [6.07, 6.45) is 0. The molecule has 2 aromatic carbocycles. The summed E-state index contributed by atoms with van der Waals surface area (Å²) in [7, 11) is 1.61. The number of hydrogen-bond donors (Lipinski definition) is 1. The summed E-state index contributed by atoms with van der Waals surface area (Å²) < 4.78 is 20.4. The molecule has 2 aromatic heterocycles. The standard InChI is InChI=1S/C30H31FN4O3S2/c1-30(2,3)28-26-27(23-6-5-15-39-23)40-18-25(37)34(17-24(36)32-16-19-7-9-20(31)10-8-19)29(26)35(33-28)21-11-13-22(38-4)14-12-21/h5-15,27H,16-18H2,1-4H3,(H,32,36)/t27-/m0/s1. The zero-order valence-corrected chi connectivity index (χ0v) is 24.4. The maximum atomic E-state index is 13.7. The number of fused-ring (bicyclic) bond motifs is 1. The van der Waals surface area contributed by atoms with Gasteiger partial charge in [0.05, 0.1) is 29.5 Å². The predicted octanol–water partition coefficient (Wildman–Crippen LogP) is 5.86. The third kappa shape index (κ3) is 5.78. The summed E-state index contributed by atoms with van der Waals surface area (Å²) in [6.45, 7) is 6.38. The van der Waals surface area contributed by atoms with E-state index in [9.17, 15) is 14.0 Å². The Hall–Kier alpha value is -3.63. The minimum absolute atomic E-state index is 0.118. The van der Waals surface area contributed by atoms with Crippen LogP contribution >= 0.6 is 23.1 Å². The third-order valence-corrected chi connectivity index (χ3v) is 8.95. The van der Waals surface area contributed by atoms with Crippen LogP contribution in [0, 0.1) is 5.82 Å². The average molecular weight is 579 g/mol. The molecular weight excluding hydrogens is 547 g/mol. The number of amides is 2. The van der Waals surface area contributed by atoms with Crippen molar-refractivity contribution < 1.29 is 18.7 Å². The number of ether oxygens (including phenoxy) is 1. The number of methoxy groups -OCH3 is 1. The second-order valence-electron chi connectivity index (χ2n) is 10.5. The first-order valence-corrected chi connectivity index (χ1v) is 14.8. The van der Waals surface area contributed by atoms with Crippen LogP contribution in [0.2, 0.25) is 0 Å². The van der Waals surface area contributed by atoms with Crippen molar-refractivity contribution in [3.05, 3.63) is 93.6 Å². The van der Waals surface area contributed by atoms with E-state index in [2.05, 4.69) is 32.2 Å². The molecule has 0 unspecified atom stereocenters. The average Bonchev–Trinajstić information content (AvgIpc) is 3.58. The van der Waals surface area contributed by atoms with Gasteiger partial charge in [0.1, 0.15) is 23.9 Å². The van der Waals surface area contributed by atoms with Crippen LogP contribution in [0.1, 0.15) is 47.7 Å². The lowest BCUT2D eigenvalue weighted by atomic mass is 9.88. The number of halogens is 1. The second kappa shape index (κ2) is 11.5. The number of hydrogen-bond acceptors (Lipinski definition) is 6. The minimum atomic E-state index is -0.336. The Balaban J connectivity index is 1.60. The summed E-state index contributed by atoms with van der Waals surface area (Å²) in [4.78, 5) is 29.6. The monoisotopic (exact) mass is 578 g/mol. The highest BCUT2D eigenvalue weighted by Gasteiger charge is 2.40. The Labute approximate surface area is 241 Å². The van der Waals surface area contributed by atoms with Crippen molar-refractivity contribution in [2.24, 2.45) is 0 Å². The van der Waals surface area contributed by atoms with Crippen molar-refractivity contribution in [1.29, 1.82) is 0 Å². The van der Waals surface area contributed by atoms with Crippen molar-refractivity contribution in [2.75, 3.05) is 24.3 Å². The van der Waals surface area contributed by atoms with Gasteiger partial charge in [0.2, 0.25) is 11.8 Å². The zero-order chi connectivity index (χ0) is 28.4. The molecule has 0 fully saturated rings. The van der Waals surface area contributed by atoms with Gasteiger partial charge in [0, 0.05) is 22.4 Å². The van der Waals surface area contributed by atoms with Gasteiger partial charge in [-0.2, -0.15) is 5.10 Å². The van der Waals surface area contributed by atoms with Gasteiger partial charge in [-0.25, -0.2) is 9.07 Å². The summed E-state index contributed by atoms with van der Waals surface area (Å²) in [5.74, 6) is 0.699. The van der Waals surface area contributed by atoms with Crippen molar-refractivity contribution in [3.8, 4) is 11.4 Å². The van der Waals surface area contributed by atoms with Crippen LogP contribution in [0.15, 0.2) is 66.0 Å². The van der Waals surface area contributed by atoms with Gasteiger partial charge in [0.25, 0.3) is 0 Å². The Morgan fingerprint density at radius 1 is 1.12 bits per heavy atom. The number of nitrogens with one attached hydrogen (secondary N) is 1. The highest BCUT2D eigenvalue weighted by atomic mass is 32.2. The number of aromatic nitrogens is 2. The molecule has 4 aromatic rings. The van der Waals surface area contributed by atoms with Gasteiger partial charge in [-0.1, -0.05) is 39.0 Å². The van der Waals surface area contributed by atoms with E-state index in [1.807, 2.05) is 35.7 Å². The molecule has 0 saturated heterocycles. The lowest BCUT2D eigenvalue weighted by Crippen LogP contribution is -2.42. The largest absolute Gasteiger partial charge is 0.497 e. The van der Waals surface area contributed by atoms with Crippen molar-refractivity contribution in [3.63, 3.8) is 0 Å². The lowest BCUT2D eigenvalue weighted by Gasteiger charge is -2.24. The number of thioether (sulfide) groups is 1. The Bertz CT molecular complexity index is 1490. The number of benzene rings is 2. The van der Waals surface area contributed by atoms with E-state index in [4.69, 9.17) is 9.84 Å². The van der Waals surface area contributed by atoms with Crippen molar-refractivity contribution >= 4 is 40.7 Å². The molecule has 0 aliphatic carbocycles. The van der Waals surface area contributed by atoms with E-state index in [-0.39, 0.29) is 47.1 Å². The molecule has 0 spiro atoms. The van der Waals surface area contributed by atoms with E-state index in [0.29, 0.717) is 11.6 Å². The number of carbonyl (C=O) groups is 2. The first-order chi connectivity index (χ1) is 19.2. The fourth-order valence-corrected chi connectivity index (χ4v) is 6.82. The first kappa shape index (κ1) is 27.9. The molecule has 2 amide bonds. The molecule has 5 rings (SSSR count). The zero-order valence-electron chi connectivity index (χ0n) is 22.8. The fraction of sp³-hybridized carbons (Fsp3) is 0.300. The molecule has 208 valence electrons. The van der Waals surface area contributed by atoms with Crippen LogP contribution in [0.25, 0.3) is 5.69 Å². The van der Waals surface area contributed by atoms with Crippen LogP contribution in [-0.4, -0.2) is 41.0 Å². The maximum Gasteiger partial charge on any atom is 0.240 e.